The molecular formula is C14H16F5N. The Balaban J connectivity index is 3.03. The topological polar surface area (TPSA) is 12.0 Å². The molecule has 0 spiro atoms. The molecule has 1 nitrogen and oxygen atoms in total. The van der Waals surface area contributed by atoms with Crippen LogP contribution >= 0.6 is 0 Å². The molecule has 0 aromatic heterocycles. The van der Waals surface area contributed by atoms with Crippen LogP contribution in [0.15, 0.2) is 5.57 Å². The van der Waals surface area contributed by atoms with Crippen LogP contribution in [0.4, 0.5) is 22.0 Å². The van der Waals surface area contributed by atoms with Gasteiger partial charge in [0.1, 0.15) is 0 Å². The van der Waals surface area contributed by atoms with Gasteiger partial charge in [-0.15, -0.1) is 0 Å². The number of rotatable bonds is 5. The first-order chi connectivity index (χ1) is 9.25. The predicted molar refractivity (Wildman–Crippen MR) is 67.6 cm³/mol. The lowest BCUT2D eigenvalue weighted by atomic mass is 10.1. The quantitative estimate of drug-likeness (QED) is 0.491. The highest BCUT2D eigenvalue weighted by molar-refractivity contribution is 5.54. The lowest BCUT2D eigenvalue weighted by Crippen LogP contribution is -2.21. The van der Waals surface area contributed by atoms with Crippen molar-refractivity contribution in [3.63, 3.8) is 0 Å². The van der Waals surface area contributed by atoms with E-state index in [1.54, 1.807) is 6.92 Å². The Bertz CT molecular complexity index is 494. The fourth-order valence-electron chi connectivity index (χ4n) is 1.60. The summed E-state index contributed by atoms with van der Waals surface area (Å²) in [6.07, 6.45) is 0.962. The molecule has 0 saturated heterocycles. The van der Waals surface area contributed by atoms with E-state index in [0.29, 0.717) is 24.6 Å². The minimum absolute atomic E-state index is 0.303. The van der Waals surface area contributed by atoms with Crippen LogP contribution in [0.5, 0.6) is 0 Å². The van der Waals surface area contributed by atoms with Crippen LogP contribution in [0, 0.1) is 35.0 Å². The van der Waals surface area contributed by atoms with Gasteiger partial charge in [0.05, 0.1) is 5.56 Å². The summed E-state index contributed by atoms with van der Waals surface area (Å²) >= 11 is 0. The molecular weight excluding hydrogens is 277 g/mol. The number of hydrogen-bond acceptors (Lipinski definition) is 1. The molecule has 1 aromatic carbocycles. The van der Waals surface area contributed by atoms with Gasteiger partial charge in [0, 0.05) is 6.54 Å². The summed E-state index contributed by atoms with van der Waals surface area (Å²) in [6.45, 7) is 6.50. The summed E-state index contributed by atoms with van der Waals surface area (Å²) in [7, 11) is 0. The van der Waals surface area contributed by atoms with Gasteiger partial charge in [0.2, 0.25) is 5.82 Å². The van der Waals surface area contributed by atoms with Gasteiger partial charge < -0.3 is 5.32 Å². The van der Waals surface area contributed by atoms with Crippen molar-refractivity contribution in [1.29, 1.82) is 0 Å². The van der Waals surface area contributed by atoms with E-state index < -0.39 is 34.6 Å². The molecule has 112 valence electrons. The summed E-state index contributed by atoms with van der Waals surface area (Å²) < 4.78 is 65.7. The van der Waals surface area contributed by atoms with Crippen LogP contribution in [0.3, 0.4) is 0 Å². The average molecular weight is 293 g/mol. The zero-order valence-corrected chi connectivity index (χ0v) is 11.5. The molecule has 1 rings (SSSR count). The summed E-state index contributed by atoms with van der Waals surface area (Å²) in [5.41, 5.74) is -0.445. The summed E-state index contributed by atoms with van der Waals surface area (Å²) in [6, 6.07) is 0. The Labute approximate surface area is 114 Å². The number of halogens is 5. The molecule has 0 atom stereocenters. The highest BCUT2D eigenvalue weighted by Crippen LogP contribution is 2.24. The molecule has 0 heterocycles. The van der Waals surface area contributed by atoms with Gasteiger partial charge in [-0.3, -0.25) is 0 Å². The third-order valence-electron chi connectivity index (χ3n) is 2.59. The van der Waals surface area contributed by atoms with E-state index in [-0.39, 0.29) is 0 Å². The maximum Gasteiger partial charge on any atom is 0.200 e. The van der Waals surface area contributed by atoms with E-state index in [2.05, 4.69) is 5.32 Å². The minimum Gasteiger partial charge on any atom is -0.313 e. The van der Waals surface area contributed by atoms with Crippen molar-refractivity contribution >= 4 is 6.08 Å². The van der Waals surface area contributed by atoms with Gasteiger partial charge in [-0.25, -0.2) is 22.0 Å². The van der Waals surface area contributed by atoms with Crippen LogP contribution in [0.25, 0.3) is 6.08 Å². The molecule has 6 heteroatoms. The molecule has 0 radical (unpaired) electrons. The largest absolute Gasteiger partial charge is 0.313 e. The minimum atomic E-state index is -2.15. The van der Waals surface area contributed by atoms with Gasteiger partial charge in [-0.2, -0.15) is 0 Å². The summed E-state index contributed by atoms with van der Waals surface area (Å²) in [4.78, 5) is 0. The van der Waals surface area contributed by atoms with Crippen molar-refractivity contribution in [3.05, 3.63) is 40.2 Å². The molecule has 0 aliphatic heterocycles. The van der Waals surface area contributed by atoms with Crippen molar-refractivity contribution in [1.82, 2.24) is 5.32 Å². The van der Waals surface area contributed by atoms with E-state index in [1.165, 1.54) is 0 Å². The number of benzene rings is 1. The van der Waals surface area contributed by atoms with Crippen molar-refractivity contribution in [2.75, 3.05) is 13.1 Å². The van der Waals surface area contributed by atoms with Crippen LogP contribution in [0.1, 0.15) is 26.3 Å². The number of hydrogen-bond donors (Lipinski definition) is 1. The normalized spacial score (nSPS) is 12.3. The predicted octanol–water partition coefficient (Wildman–Crippen LogP) is 4.03. The molecule has 1 aromatic rings. The van der Waals surface area contributed by atoms with E-state index in [4.69, 9.17) is 0 Å². The fraction of sp³-hybridized carbons (Fsp3) is 0.429. The van der Waals surface area contributed by atoms with E-state index in [0.717, 1.165) is 6.08 Å². The zero-order valence-electron chi connectivity index (χ0n) is 11.5. The molecule has 0 bridgehead atoms. The Hall–Kier alpha value is -1.43. The van der Waals surface area contributed by atoms with Gasteiger partial charge >= 0.3 is 0 Å². The van der Waals surface area contributed by atoms with E-state index in [1.807, 2.05) is 13.8 Å². The molecule has 0 unspecified atom stereocenters. The van der Waals surface area contributed by atoms with Gasteiger partial charge in [0.25, 0.3) is 0 Å². The van der Waals surface area contributed by atoms with Crippen molar-refractivity contribution in [3.8, 4) is 0 Å². The highest BCUT2D eigenvalue weighted by atomic mass is 19.2. The first kappa shape index (κ1) is 16.6. The van der Waals surface area contributed by atoms with E-state index >= 15 is 0 Å². The zero-order chi connectivity index (χ0) is 15.4. The van der Waals surface area contributed by atoms with E-state index in [9.17, 15) is 22.0 Å². The lowest BCUT2D eigenvalue weighted by molar-refractivity contribution is 0.377. The van der Waals surface area contributed by atoms with Crippen LogP contribution < -0.4 is 5.32 Å². The van der Waals surface area contributed by atoms with Crippen molar-refractivity contribution in [2.45, 2.75) is 20.8 Å². The molecule has 0 amide bonds. The Morgan fingerprint density at radius 3 is 1.85 bits per heavy atom. The highest BCUT2D eigenvalue weighted by Gasteiger charge is 2.24. The average Bonchev–Trinajstić information content (AvgIpc) is 2.39. The first-order valence-electron chi connectivity index (χ1n) is 6.15. The molecule has 0 saturated carbocycles. The molecule has 20 heavy (non-hydrogen) atoms. The Morgan fingerprint density at radius 2 is 1.40 bits per heavy atom. The third-order valence-corrected chi connectivity index (χ3v) is 2.59. The second kappa shape index (κ2) is 6.83. The summed E-state index contributed by atoms with van der Waals surface area (Å²) in [5.74, 6) is -9.25. The van der Waals surface area contributed by atoms with Gasteiger partial charge in [-0.1, -0.05) is 19.4 Å². The third kappa shape index (κ3) is 3.79. The van der Waals surface area contributed by atoms with Crippen LogP contribution in [0.2, 0.25) is 0 Å². The van der Waals surface area contributed by atoms with Crippen LogP contribution in [-0.4, -0.2) is 13.1 Å². The molecule has 0 aliphatic carbocycles. The smallest absolute Gasteiger partial charge is 0.200 e. The van der Waals surface area contributed by atoms with Gasteiger partial charge in [0.15, 0.2) is 23.3 Å². The maximum absolute atomic E-state index is 13.4. The maximum atomic E-state index is 13.4. The van der Waals surface area contributed by atoms with Gasteiger partial charge in [-0.05, 0) is 25.5 Å². The van der Waals surface area contributed by atoms with Crippen molar-refractivity contribution < 1.29 is 22.0 Å². The Morgan fingerprint density at radius 1 is 0.950 bits per heavy atom. The van der Waals surface area contributed by atoms with Crippen molar-refractivity contribution in [2.24, 2.45) is 5.92 Å². The molecule has 0 aliphatic rings. The van der Waals surface area contributed by atoms with Crippen LogP contribution in [-0.2, 0) is 0 Å². The lowest BCUT2D eigenvalue weighted by Gasteiger charge is -2.09. The molecule has 0 fully saturated rings. The monoisotopic (exact) mass is 293 g/mol. The standard InChI is InChI=1S/C14H16F5N/c1-7(2)5-20-6-8(3)4-9-10(15)12(17)14(19)13(18)11(9)16/h4,7,20H,5-6H2,1-3H3. The fourth-order valence-corrected chi connectivity index (χ4v) is 1.60. The second-order valence-electron chi connectivity index (χ2n) is 5.00. The first-order valence-corrected chi connectivity index (χ1v) is 6.15. The molecule has 1 N–H and O–H groups in total. The SMILES string of the molecule is CC(=Cc1c(F)c(F)c(F)c(F)c1F)CNCC(C)C. The second-order valence-corrected chi connectivity index (χ2v) is 5.00. The number of nitrogens with one attached hydrogen (secondary N) is 1. The Kier molecular flexibility index (Phi) is 5.68. The summed E-state index contributed by atoms with van der Waals surface area (Å²) in [5, 5.41) is 3.01.